The summed E-state index contributed by atoms with van der Waals surface area (Å²) in [5.74, 6) is 1.19. The molecule has 1 aliphatic carbocycles. The zero-order valence-corrected chi connectivity index (χ0v) is 16.0. The molecule has 142 valence electrons. The summed E-state index contributed by atoms with van der Waals surface area (Å²) in [6.45, 7) is 0. The van der Waals surface area contributed by atoms with Crippen LogP contribution in [0.15, 0.2) is 42.5 Å². The van der Waals surface area contributed by atoms with Gasteiger partial charge < -0.3 is 14.8 Å². The number of fused-ring (bicyclic) bond motifs is 7. The monoisotopic (exact) mass is 371 g/mol. The van der Waals surface area contributed by atoms with Crippen LogP contribution in [0, 0.1) is 0 Å². The summed E-state index contributed by atoms with van der Waals surface area (Å²) in [5, 5.41) is 25.5. The molecule has 0 radical (unpaired) electrons. The summed E-state index contributed by atoms with van der Waals surface area (Å²) in [6.07, 6.45) is 8.79. The van der Waals surface area contributed by atoms with E-state index in [4.69, 9.17) is 0 Å². The first-order valence-corrected chi connectivity index (χ1v) is 10.6. The number of nitrogens with zero attached hydrogens (tertiary/aromatic N) is 1. The topological polar surface area (TPSA) is 45.4 Å². The first kappa shape index (κ1) is 16.3. The van der Waals surface area contributed by atoms with E-state index >= 15 is 0 Å². The molecule has 0 saturated heterocycles. The van der Waals surface area contributed by atoms with Crippen LogP contribution in [0.1, 0.15) is 62.5 Å². The minimum absolute atomic E-state index is 0.308. The van der Waals surface area contributed by atoms with Crippen molar-refractivity contribution in [2.24, 2.45) is 0 Å². The minimum atomic E-state index is 0.308. The molecule has 0 spiro atoms. The lowest BCUT2D eigenvalue weighted by molar-refractivity contribution is 0.390. The van der Waals surface area contributed by atoms with E-state index < -0.39 is 0 Å². The molecule has 2 N–H and O–H groups in total. The molecule has 0 bridgehead atoms. The number of phenols is 2. The van der Waals surface area contributed by atoms with Crippen molar-refractivity contribution in [1.82, 2.24) is 4.57 Å². The fourth-order valence-electron chi connectivity index (χ4n) is 5.88. The molecule has 2 heterocycles. The fraction of sp³-hybridized carbons (Fsp3) is 0.360. The quantitative estimate of drug-likeness (QED) is 0.359. The lowest BCUT2D eigenvalue weighted by atomic mass is 9.86. The summed E-state index contributed by atoms with van der Waals surface area (Å²) in [7, 11) is 0. The van der Waals surface area contributed by atoms with Crippen LogP contribution in [-0.4, -0.2) is 14.8 Å². The summed E-state index contributed by atoms with van der Waals surface area (Å²) < 4.78 is 2.53. The highest BCUT2D eigenvalue weighted by atomic mass is 16.3. The van der Waals surface area contributed by atoms with Crippen molar-refractivity contribution < 1.29 is 10.2 Å². The van der Waals surface area contributed by atoms with E-state index in [2.05, 4.69) is 22.8 Å². The largest absolute Gasteiger partial charge is 0.508 e. The van der Waals surface area contributed by atoms with E-state index in [0.29, 0.717) is 23.5 Å². The Balaban J connectivity index is 1.71. The Bertz CT molecular complexity index is 1240. The van der Waals surface area contributed by atoms with Gasteiger partial charge in [-0.2, -0.15) is 0 Å². The Labute approximate surface area is 164 Å². The first-order chi connectivity index (χ1) is 13.7. The van der Waals surface area contributed by atoms with Gasteiger partial charge in [-0.25, -0.2) is 0 Å². The van der Waals surface area contributed by atoms with Gasteiger partial charge in [-0.05, 0) is 60.0 Å². The summed E-state index contributed by atoms with van der Waals surface area (Å²) >= 11 is 0. The molecular weight excluding hydrogens is 346 g/mol. The molecule has 28 heavy (non-hydrogen) atoms. The maximum absolute atomic E-state index is 10.8. The third-order valence-corrected chi connectivity index (χ3v) is 7.10. The van der Waals surface area contributed by atoms with Gasteiger partial charge in [0.05, 0.1) is 11.0 Å². The van der Waals surface area contributed by atoms with E-state index in [1.165, 1.54) is 65.9 Å². The molecule has 1 aromatic heterocycles. The van der Waals surface area contributed by atoms with Gasteiger partial charge in [0.25, 0.3) is 0 Å². The summed E-state index contributed by atoms with van der Waals surface area (Å²) in [6, 6.07) is 14.5. The van der Waals surface area contributed by atoms with Crippen LogP contribution < -0.4 is 0 Å². The third-order valence-electron chi connectivity index (χ3n) is 7.10. The van der Waals surface area contributed by atoms with Crippen molar-refractivity contribution in [3.05, 3.63) is 48.0 Å². The van der Waals surface area contributed by atoms with Gasteiger partial charge in [-0.1, -0.05) is 38.2 Å². The molecule has 3 nitrogen and oxygen atoms in total. The summed E-state index contributed by atoms with van der Waals surface area (Å²) in [4.78, 5) is 0. The normalized spacial score (nSPS) is 22.3. The van der Waals surface area contributed by atoms with Crippen LogP contribution in [0.2, 0.25) is 0 Å². The van der Waals surface area contributed by atoms with E-state index in [1.54, 1.807) is 6.07 Å². The van der Waals surface area contributed by atoms with Gasteiger partial charge in [0.1, 0.15) is 11.5 Å². The zero-order chi connectivity index (χ0) is 18.8. The van der Waals surface area contributed by atoms with Crippen molar-refractivity contribution in [2.75, 3.05) is 0 Å². The molecule has 0 amide bonds. The van der Waals surface area contributed by atoms with Gasteiger partial charge in [-0.3, -0.25) is 0 Å². The van der Waals surface area contributed by atoms with Gasteiger partial charge >= 0.3 is 0 Å². The van der Waals surface area contributed by atoms with Gasteiger partial charge in [-0.15, -0.1) is 0 Å². The number of aromatic nitrogens is 1. The number of benzene rings is 3. The minimum Gasteiger partial charge on any atom is -0.508 e. The average Bonchev–Trinajstić information content (AvgIpc) is 3.20. The van der Waals surface area contributed by atoms with Crippen molar-refractivity contribution >= 4 is 32.6 Å². The van der Waals surface area contributed by atoms with Gasteiger partial charge in [0.15, 0.2) is 0 Å². The van der Waals surface area contributed by atoms with Crippen LogP contribution in [0.4, 0.5) is 0 Å². The van der Waals surface area contributed by atoms with Gasteiger partial charge in [0.2, 0.25) is 0 Å². The van der Waals surface area contributed by atoms with Crippen molar-refractivity contribution in [1.29, 1.82) is 0 Å². The predicted octanol–water partition coefficient (Wildman–Crippen LogP) is 6.74. The van der Waals surface area contributed by atoms with Crippen LogP contribution in [-0.2, 0) is 0 Å². The summed E-state index contributed by atoms with van der Waals surface area (Å²) in [5.41, 5.74) is 3.66. The Hall–Kier alpha value is -2.68. The highest BCUT2D eigenvalue weighted by molar-refractivity contribution is 6.14. The fourth-order valence-corrected chi connectivity index (χ4v) is 5.88. The molecule has 2 aliphatic rings. The van der Waals surface area contributed by atoms with Crippen LogP contribution >= 0.6 is 0 Å². The van der Waals surface area contributed by atoms with Crippen LogP contribution in [0.3, 0.4) is 0 Å². The molecule has 3 aromatic carbocycles. The predicted molar refractivity (Wildman–Crippen MR) is 114 cm³/mol. The van der Waals surface area contributed by atoms with E-state index in [1.807, 2.05) is 18.2 Å². The van der Waals surface area contributed by atoms with E-state index in [0.717, 1.165) is 17.2 Å². The van der Waals surface area contributed by atoms with Gasteiger partial charge in [0, 0.05) is 28.3 Å². The lowest BCUT2D eigenvalue weighted by Gasteiger charge is -2.23. The third kappa shape index (κ3) is 2.16. The number of hydrogen-bond donors (Lipinski definition) is 2. The Morgan fingerprint density at radius 3 is 2.46 bits per heavy atom. The zero-order valence-electron chi connectivity index (χ0n) is 16.0. The lowest BCUT2D eigenvalue weighted by Crippen LogP contribution is -2.11. The molecule has 6 rings (SSSR count). The van der Waals surface area contributed by atoms with Crippen molar-refractivity contribution in [3.63, 3.8) is 0 Å². The Morgan fingerprint density at radius 1 is 0.750 bits per heavy atom. The molecule has 1 saturated carbocycles. The van der Waals surface area contributed by atoms with E-state index in [9.17, 15) is 10.2 Å². The molecule has 1 fully saturated rings. The highest BCUT2D eigenvalue weighted by Gasteiger charge is 2.37. The SMILES string of the molecule is Oc1ccc2cc3c4ccc(O)c5c4n(c3cc2c1)C1CCCCCCCC51. The molecule has 2 unspecified atom stereocenters. The van der Waals surface area contributed by atoms with Crippen molar-refractivity contribution in [2.45, 2.75) is 56.9 Å². The van der Waals surface area contributed by atoms with Crippen LogP contribution in [0.5, 0.6) is 11.5 Å². The maximum Gasteiger partial charge on any atom is 0.121 e. The molecular formula is C25H25NO2. The number of phenolic OH excluding ortho intramolecular Hbond substituents is 2. The standard InChI is InChI=1S/C25H25NO2/c27-17-9-8-15-13-20-18-10-11-23(28)24-19-6-4-2-1-3-5-7-21(19)26(25(18)24)22(20)14-16(15)12-17/h8-14,19,21,27-28H,1-7H2. The Morgan fingerprint density at radius 2 is 1.57 bits per heavy atom. The maximum atomic E-state index is 10.8. The smallest absolute Gasteiger partial charge is 0.121 e. The molecule has 1 aliphatic heterocycles. The molecule has 2 atom stereocenters. The number of rotatable bonds is 0. The average molecular weight is 371 g/mol. The second kappa shape index (κ2) is 5.91. The second-order valence-electron chi connectivity index (χ2n) is 8.68. The Kier molecular flexibility index (Phi) is 3.44. The number of aromatic hydroxyl groups is 2. The van der Waals surface area contributed by atoms with Crippen molar-refractivity contribution in [3.8, 4) is 11.5 Å². The first-order valence-electron chi connectivity index (χ1n) is 10.6. The number of hydrogen-bond acceptors (Lipinski definition) is 2. The molecule has 3 heteroatoms. The molecule has 4 aromatic rings. The van der Waals surface area contributed by atoms with E-state index in [-0.39, 0.29) is 0 Å². The second-order valence-corrected chi connectivity index (χ2v) is 8.68. The highest BCUT2D eigenvalue weighted by Crippen LogP contribution is 2.54. The van der Waals surface area contributed by atoms with Crippen LogP contribution in [0.25, 0.3) is 32.6 Å².